The average molecular weight is 460 g/mol. The molecule has 7 nitrogen and oxygen atoms in total. The van der Waals surface area contributed by atoms with E-state index in [1.165, 1.54) is 32.1 Å². The third kappa shape index (κ3) is 4.13. The molecule has 0 saturated carbocycles. The molecule has 0 N–H and O–H groups in total. The van der Waals surface area contributed by atoms with Crippen molar-refractivity contribution in [2.45, 2.75) is 0 Å². The first-order chi connectivity index (χ1) is 16.5. The van der Waals surface area contributed by atoms with Crippen LogP contribution in [0.15, 0.2) is 72.8 Å². The molecule has 0 atom stereocenters. The van der Waals surface area contributed by atoms with Crippen LogP contribution in [0, 0.1) is 5.82 Å². The highest BCUT2D eigenvalue weighted by Crippen LogP contribution is 2.32. The molecule has 0 aliphatic heterocycles. The summed E-state index contributed by atoms with van der Waals surface area (Å²) in [6, 6.07) is 20.6. The van der Waals surface area contributed by atoms with Crippen LogP contribution in [0.1, 0.15) is 20.8 Å². The molecule has 0 unspecified atom stereocenters. The van der Waals surface area contributed by atoms with E-state index < -0.39 is 17.8 Å². The second-order valence-electron chi connectivity index (χ2n) is 7.23. The molecule has 4 aromatic rings. The summed E-state index contributed by atoms with van der Waals surface area (Å²) in [5.41, 5.74) is 2.74. The van der Waals surface area contributed by atoms with Crippen LogP contribution in [0.2, 0.25) is 0 Å². The highest BCUT2D eigenvalue weighted by Gasteiger charge is 2.31. The van der Waals surface area contributed by atoms with Gasteiger partial charge in [-0.3, -0.25) is 0 Å². The highest BCUT2D eigenvalue weighted by atomic mass is 19.1. The SMILES string of the molecule is COC(=O)c1c(-c2ccc(-c3ccc(OC)c(F)c3)cc2)nn(-c2ccccc2)c1C(=O)OC. The van der Waals surface area contributed by atoms with E-state index in [9.17, 15) is 14.0 Å². The average Bonchev–Trinajstić information content (AvgIpc) is 3.29. The Balaban J connectivity index is 1.85. The Kier molecular flexibility index (Phi) is 6.40. The van der Waals surface area contributed by atoms with E-state index in [0.717, 1.165) is 5.56 Å². The van der Waals surface area contributed by atoms with Gasteiger partial charge in [0, 0.05) is 5.56 Å². The fraction of sp³-hybridized carbons (Fsp3) is 0.115. The van der Waals surface area contributed by atoms with E-state index in [2.05, 4.69) is 5.10 Å². The van der Waals surface area contributed by atoms with Crippen molar-refractivity contribution in [2.24, 2.45) is 0 Å². The lowest BCUT2D eigenvalue weighted by molar-refractivity contribution is 0.0549. The van der Waals surface area contributed by atoms with Crippen LogP contribution in [0.25, 0.3) is 28.1 Å². The van der Waals surface area contributed by atoms with Gasteiger partial charge in [-0.05, 0) is 35.4 Å². The van der Waals surface area contributed by atoms with Crippen molar-refractivity contribution >= 4 is 11.9 Å². The molecule has 4 rings (SSSR count). The second-order valence-corrected chi connectivity index (χ2v) is 7.23. The van der Waals surface area contributed by atoms with Crippen LogP contribution in [0.5, 0.6) is 5.75 Å². The molecule has 0 radical (unpaired) electrons. The molecule has 0 aliphatic rings. The van der Waals surface area contributed by atoms with Gasteiger partial charge in [0.15, 0.2) is 17.3 Å². The summed E-state index contributed by atoms with van der Waals surface area (Å²) in [6.45, 7) is 0. The molecular weight excluding hydrogens is 439 g/mol. The number of nitrogens with zero attached hydrogens (tertiary/aromatic N) is 2. The van der Waals surface area contributed by atoms with Crippen molar-refractivity contribution in [3.63, 3.8) is 0 Å². The third-order valence-electron chi connectivity index (χ3n) is 5.30. The number of para-hydroxylation sites is 1. The van der Waals surface area contributed by atoms with Gasteiger partial charge in [0.1, 0.15) is 11.3 Å². The Bertz CT molecular complexity index is 1350. The van der Waals surface area contributed by atoms with Crippen molar-refractivity contribution in [3.05, 3.63) is 89.9 Å². The molecule has 1 heterocycles. The molecule has 0 fully saturated rings. The molecule has 3 aromatic carbocycles. The fourth-order valence-electron chi connectivity index (χ4n) is 3.62. The van der Waals surface area contributed by atoms with Crippen molar-refractivity contribution in [1.29, 1.82) is 0 Å². The van der Waals surface area contributed by atoms with Crippen LogP contribution < -0.4 is 4.74 Å². The van der Waals surface area contributed by atoms with E-state index in [4.69, 9.17) is 14.2 Å². The van der Waals surface area contributed by atoms with E-state index in [0.29, 0.717) is 16.8 Å². The lowest BCUT2D eigenvalue weighted by atomic mass is 10.0. The Morgan fingerprint density at radius 1 is 0.794 bits per heavy atom. The van der Waals surface area contributed by atoms with Gasteiger partial charge in [0.2, 0.25) is 0 Å². The zero-order valence-electron chi connectivity index (χ0n) is 18.7. The number of rotatable bonds is 6. The standard InChI is InChI=1S/C26H21FN2O5/c1-32-21-14-13-18(15-20(21)27)16-9-11-17(12-10-16)23-22(25(30)33-2)24(26(31)34-3)29(28-23)19-7-5-4-6-8-19/h4-15H,1-3H3. The van der Waals surface area contributed by atoms with Gasteiger partial charge in [-0.1, -0.05) is 48.5 Å². The maximum atomic E-state index is 14.1. The summed E-state index contributed by atoms with van der Waals surface area (Å²) in [5.74, 6) is -1.77. The van der Waals surface area contributed by atoms with Crippen LogP contribution >= 0.6 is 0 Å². The summed E-state index contributed by atoms with van der Waals surface area (Å²) in [6.07, 6.45) is 0. The van der Waals surface area contributed by atoms with Crippen LogP contribution in [0.3, 0.4) is 0 Å². The number of hydrogen-bond acceptors (Lipinski definition) is 6. The molecule has 0 spiro atoms. The number of aromatic nitrogens is 2. The first-order valence-electron chi connectivity index (χ1n) is 10.3. The Morgan fingerprint density at radius 3 is 2.00 bits per heavy atom. The lowest BCUT2D eigenvalue weighted by Crippen LogP contribution is -2.15. The second kappa shape index (κ2) is 9.58. The van der Waals surface area contributed by atoms with Gasteiger partial charge in [-0.25, -0.2) is 18.7 Å². The predicted octanol–water partition coefficient (Wildman–Crippen LogP) is 4.93. The Hall–Kier alpha value is -4.46. The summed E-state index contributed by atoms with van der Waals surface area (Å²) in [4.78, 5) is 25.4. The number of carbonyl (C=O) groups excluding carboxylic acids is 2. The molecule has 1 aromatic heterocycles. The molecule has 8 heteroatoms. The van der Waals surface area contributed by atoms with Gasteiger partial charge >= 0.3 is 11.9 Å². The maximum absolute atomic E-state index is 14.1. The quantitative estimate of drug-likeness (QED) is 0.380. The topological polar surface area (TPSA) is 79.7 Å². The first-order valence-corrected chi connectivity index (χ1v) is 10.3. The van der Waals surface area contributed by atoms with E-state index in [1.54, 1.807) is 60.7 Å². The van der Waals surface area contributed by atoms with Crippen LogP contribution in [-0.2, 0) is 9.47 Å². The largest absolute Gasteiger partial charge is 0.494 e. The molecule has 172 valence electrons. The smallest absolute Gasteiger partial charge is 0.357 e. The molecule has 0 amide bonds. The number of halogens is 1. The van der Waals surface area contributed by atoms with Crippen molar-refractivity contribution in [3.8, 4) is 33.8 Å². The lowest BCUT2D eigenvalue weighted by Gasteiger charge is -2.07. The van der Waals surface area contributed by atoms with Gasteiger partial charge < -0.3 is 14.2 Å². The van der Waals surface area contributed by atoms with E-state index in [-0.39, 0.29) is 22.7 Å². The van der Waals surface area contributed by atoms with Crippen molar-refractivity contribution in [2.75, 3.05) is 21.3 Å². The Morgan fingerprint density at radius 2 is 1.41 bits per heavy atom. The number of methoxy groups -OCH3 is 3. The summed E-state index contributed by atoms with van der Waals surface area (Å²) in [7, 11) is 3.87. The minimum absolute atomic E-state index is 0.0126. The normalized spacial score (nSPS) is 10.6. The number of ether oxygens (including phenoxy) is 3. The van der Waals surface area contributed by atoms with Gasteiger partial charge in [-0.2, -0.15) is 5.10 Å². The summed E-state index contributed by atoms with van der Waals surface area (Å²) < 4.78 is 30.4. The van der Waals surface area contributed by atoms with Gasteiger partial charge in [0.05, 0.1) is 27.0 Å². The van der Waals surface area contributed by atoms with Crippen LogP contribution in [-0.4, -0.2) is 43.0 Å². The first kappa shape index (κ1) is 22.7. The number of esters is 2. The molecule has 0 bridgehead atoms. The molecule has 34 heavy (non-hydrogen) atoms. The fourth-order valence-corrected chi connectivity index (χ4v) is 3.62. The third-order valence-corrected chi connectivity index (χ3v) is 5.30. The minimum atomic E-state index is -0.728. The van der Waals surface area contributed by atoms with Crippen molar-refractivity contribution in [1.82, 2.24) is 9.78 Å². The van der Waals surface area contributed by atoms with Crippen molar-refractivity contribution < 1.29 is 28.2 Å². The monoisotopic (exact) mass is 460 g/mol. The maximum Gasteiger partial charge on any atom is 0.357 e. The highest BCUT2D eigenvalue weighted by molar-refractivity contribution is 6.06. The summed E-state index contributed by atoms with van der Waals surface area (Å²) in [5, 5.41) is 4.57. The van der Waals surface area contributed by atoms with E-state index >= 15 is 0 Å². The predicted molar refractivity (Wildman–Crippen MR) is 124 cm³/mol. The zero-order chi connectivity index (χ0) is 24.2. The minimum Gasteiger partial charge on any atom is -0.494 e. The number of carbonyl (C=O) groups is 2. The van der Waals surface area contributed by atoms with Crippen LogP contribution in [0.4, 0.5) is 4.39 Å². The molecule has 0 aliphatic carbocycles. The number of hydrogen-bond donors (Lipinski definition) is 0. The zero-order valence-corrected chi connectivity index (χ0v) is 18.7. The molecular formula is C26H21FN2O5. The molecule has 0 saturated heterocycles. The van der Waals surface area contributed by atoms with Gasteiger partial charge in [0.25, 0.3) is 0 Å². The summed E-state index contributed by atoms with van der Waals surface area (Å²) >= 11 is 0. The van der Waals surface area contributed by atoms with Gasteiger partial charge in [-0.15, -0.1) is 0 Å². The number of benzene rings is 3. The van der Waals surface area contributed by atoms with E-state index in [1.807, 2.05) is 6.07 Å². The Labute approximate surface area is 195 Å².